The maximum Gasteiger partial charge on any atom is 0.273 e. The fourth-order valence-electron chi connectivity index (χ4n) is 2.25. The molecule has 0 heterocycles. The quantitative estimate of drug-likeness (QED) is 0.410. The third-order valence-electron chi connectivity index (χ3n) is 3.67. The standard InChI is InChI=1S/C19H20N4O5/c1-3-28-16-8-5-14(6-9-16)11-21-22-18(24)12-20-19(25)15-7-4-13(2)17(10-15)23(26)27/h4-11H,3,12H2,1-2H3,(H,20,25)(H,22,24)/b21-11+. The first kappa shape index (κ1) is 20.6. The number of nitrogens with one attached hydrogen (secondary N) is 2. The molecule has 2 aromatic rings. The van der Waals surface area contributed by atoms with Crippen LogP contribution in [0.5, 0.6) is 5.75 Å². The summed E-state index contributed by atoms with van der Waals surface area (Å²) >= 11 is 0. The molecule has 9 heteroatoms. The van der Waals surface area contributed by atoms with Crippen LogP contribution in [-0.2, 0) is 4.79 Å². The molecule has 0 aliphatic heterocycles. The zero-order chi connectivity index (χ0) is 20.5. The number of nitro groups is 1. The number of hydrogen-bond acceptors (Lipinski definition) is 6. The SMILES string of the molecule is CCOc1ccc(/C=N/NC(=O)CNC(=O)c2ccc(C)c([N+](=O)[O-])c2)cc1. The molecule has 0 bridgehead atoms. The summed E-state index contributed by atoms with van der Waals surface area (Å²) in [6.07, 6.45) is 1.46. The number of carbonyl (C=O) groups is 2. The van der Waals surface area contributed by atoms with Gasteiger partial charge in [0.05, 0.1) is 24.3 Å². The van der Waals surface area contributed by atoms with Crippen LogP contribution in [0.3, 0.4) is 0 Å². The van der Waals surface area contributed by atoms with Crippen LogP contribution in [0.15, 0.2) is 47.6 Å². The van der Waals surface area contributed by atoms with Gasteiger partial charge in [-0.25, -0.2) is 5.43 Å². The summed E-state index contributed by atoms with van der Waals surface area (Å²) in [5, 5.41) is 17.1. The van der Waals surface area contributed by atoms with E-state index in [2.05, 4.69) is 15.8 Å². The molecule has 0 fully saturated rings. The number of carbonyl (C=O) groups excluding carboxylic acids is 2. The van der Waals surface area contributed by atoms with E-state index in [4.69, 9.17) is 4.74 Å². The van der Waals surface area contributed by atoms with Gasteiger partial charge in [0.2, 0.25) is 0 Å². The van der Waals surface area contributed by atoms with Crippen LogP contribution in [0, 0.1) is 17.0 Å². The Bertz CT molecular complexity index is 894. The van der Waals surface area contributed by atoms with Crippen molar-refractivity contribution in [1.82, 2.24) is 10.7 Å². The molecule has 0 saturated carbocycles. The Kier molecular flexibility index (Phi) is 7.21. The van der Waals surface area contributed by atoms with Crippen LogP contribution in [0.4, 0.5) is 5.69 Å². The fraction of sp³-hybridized carbons (Fsp3) is 0.211. The van der Waals surface area contributed by atoms with Crippen molar-refractivity contribution in [2.24, 2.45) is 5.10 Å². The highest BCUT2D eigenvalue weighted by atomic mass is 16.6. The van der Waals surface area contributed by atoms with Gasteiger partial charge in [-0.05, 0) is 49.7 Å². The van der Waals surface area contributed by atoms with E-state index in [1.165, 1.54) is 24.4 Å². The van der Waals surface area contributed by atoms with Gasteiger partial charge in [-0.3, -0.25) is 19.7 Å². The summed E-state index contributed by atoms with van der Waals surface area (Å²) < 4.78 is 5.33. The first-order valence-electron chi connectivity index (χ1n) is 8.48. The lowest BCUT2D eigenvalue weighted by Crippen LogP contribution is -2.34. The number of benzene rings is 2. The lowest BCUT2D eigenvalue weighted by Gasteiger charge is -2.05. The van der Waals surface area contributed by atoms with E-state index in [0.29, 0.717) is 12.2 Å². The van der Waals surface area contributed by atoms with Crippen molar-refractivity contribution in [3.8, 4) is 5.75 Å². The van der Waals surface area contributed by atoms with Crippen molar-refractivity contribution in [3.05, 3.63) is 69.3 Å². The van der Waals surface area contributed by atoms with E-state index >= 15 is 0 Å². The molecule has 0 saturated heterocycles. The van der Waals surface area contributed by atoms with Gasteiger partial charge in [0.1, 0.15) is 5.75 Å². The Hall–Kier alpha value is -3.75. The molecule has 2 N–H and O–H groups in total. The van der Waals surface area contributed by atoms with Gasteiger partial charge >= 0.3 is 0 Å². The zero-order valence-electron chi connectivity index (χ0n) is 15.5. The van der Waals surface area contributed by atoms with Gasteiger partial charge in [0.25, 0.3) is 17.5 Å². The highest BCUT2D eigenvalue weighted by molar-refractivity contribution is 5.97. The first-order valence-corrected chi connectivity index (χ1v) is 8.48. The molecule has 0 spiro atoms. The summed E-state index contributed by atoms with van der Waals surface area (Å²) in [6, 6.07) is 11.3. The van der Waals surface area contributed by atoms with E-state index in [1.54, 1.807) is 31.2 Å². The van der Waals surface area contributed by atoms with E-state index in [1.807, 2.05) is 6.92 Å². The number of hydrazone groups is 1. The van der Waals surface area contributed by atoms with Crippen LogP contribution in [-0.4, -0.2) is 36.1 Å². The molecule has 0 aromatic heterocycles. The summed E-state index contributed by atoms with van der Waals surface area (Å²) in [6.45, 7) is 3.73. The highest BCUT2D eigenvalue weighted by Gasteiger charge is 2.15. The Morgan fingerprint density at radius 2 is 1.93 bits per heavy atom. The summed E-state index contributed by atoms with van der Waals surface area (Å²) in [7, 11) is 0. The minimum atomic E-state index is -0.589. The zero-order valence-corrected chi connectivity index (χ0v) is 15.5. The normalized spacial score (nSPS) is 10.5. The molecule has 9 nitrogen and oxygen atoms in total. The molecule has 2 amide bonds. The second-order valence-electron chi connectivity index (χ2n) is 5.74. The Labute approximate surface area is 161 Å². The van der Waals surface area contributed by atoms with Crippen LogP contribution >= 0.6 is 0 Å². The summed E-state index contributed by atoms with van der Waals surface area (Å²) in [5.41, 5.74) is 3.45. The maximum atomic E-state index is 12.1. The second kappa shape index (κ2) is 9.81. The molecule has 0 radical (unpaired) electrons. The molecule has 2 rings (SSSR count). The molecule has 0 unspecified atom stereocenters. The fourth-order valence-corrected chi connectivity index (χ4v) is 2.25. The smallest absolute Gasteiger partial charge is 0.273 e. The molecule has 2 aromatic carbocycles. The summed E-state index contributed by atoms with van der Waals surface area (Å²) in [5.74, 6) is -0.381. The average molecular weight is 384 g/mol. The van der Waals surface area contributed by atoms with E-state index in [-0.39, 0.29) is 17.8 Å². The van der Waals surface area contributed by atoms with Gasteiger partial charge in [0.15, 0.2) is 0 Å². The maximum absolute atomic E-state index is 12.1. The second-order valence-corrected chi connectivity index (χ2v) is 5.74. The first-order chi connectivity index (χ1) is 13.4. The predicted molar refractivity (Wildman–Crippen MR) is 104 cm³/mol. The monoisotopic (exact) mass is 384 g/mol. The molecule has 0 aliphatic rings. The molecular formula is C19H20N4O5. The Morgan fingerprint density at radius 1 is 1.21 bits per heavy atom. The lowest BCUT2D eigenvalue weighted by molar-refractivity contribution is -0.385. The van der Waals surface area contributed by atoms with Gasteiger partial charge in [-0.2, -0.15) is 5.10 Å². The number of rotatable bonds is 8. The minimum Gasteiger partial charge on any atom is -0.494 e. The van der Waals surface area contributed by atoms with Gasteiger partial charge in [-0.1, -0.05) is 6.07 Å². The number of hydrogen-bond donors (Lipinski definition) is 2. The highest BCUT2D eigenvalue weighted by Crippen LogP contribution is 2.19. The van der Waals surface area contributed by atoms with Gasteiger partial charge in [0, 0.05) is 17.2 Å². The van der Waals surface area contributed by atoms with Crippen LogP contribution in [0.25, 0.3) is 0 Å². The van der Waals surface area contributed by atoms with Gasteiger partial charge in [-0.15, -0.1) is 0 Å². The van der Waals surface area contributed by atoms with Crippen LogP contribution in [0.2, 0.25) is 0 Å². The van der Waals surface area contributed by atoms with Crippen molar-refractivity contribution in [2.45, 2.75) is 13.8 Å². The minimum absolute atomic E-state index is 0.1000. The van der Waals surface area contributed by atoms with Crippen molar-refractivity contribution >= 4 is 23.7 Å². The molecular weight excluding hydrogens is 364 g/mol. The number of nitrogens with zero attached hydrogens (tertiary/aromatic N) is 2. The number of nitro benzene ring substituents is 1. The van der Waals surface area contributed by atoms with Gasteiger partial charge < -0.3 is 10.1 Å². The van der Waals surface area contributed by atoms with Crippen LogP contribution < -0.4 is 15.5 Å². The molecule has 0 atom stereocenters. The number of amides is 2. The number of aryl methyl sites for hydroxylation is 1. The van der Waals surface area contributed by atoms with Crippen LogP contribution in [0.1, 0.15) is 28.4 Å². The summed E-state index contributed by atoms with van der Waals surface area (Å²) in [4.78, 5) is 34.2. The van der Waals surface area contributed by atoms with Crippen molar-refractivity contribution in [2.75, 3.05) is 13.2 Å². The Morgan fingerprint density at radius 3 is 2.57 bits per heavy atom. The van der Waals surface area contributed by atoms with E-state index < -0.39 is 16.7 Å². The average Bonchev–Trinajstić information content (AvgIpc) is 2.68. The van der Waals surface area contributed by atoms with Crippen molar-refractivity contribution < 1.29 is 19.2 Å². The Balaban J connectivity index is 1.84. The van der Waals surface area contributed by atoms with Crippen molar-refractivity contribution in [3.63, 3.8) is 0 Å². The predicted octanol–water partition coefficient (Wildman–Crippen LogP) is 2.18. The number of ether oxygens (including phenoxy) is 1. The van der Waals surface area contributed by atoms with Crippen molar-refractivity contribution in [1.29, 1.82) is 0 Å². The van der Waals surface area contributed by atoms with E-state index in [0.717, 1.165) is 11.3 Å². The third kappa shape index (κ3) is 5.90. The largest absolute Gasteiger partial charge is 0.494 e. The lowest BCUT2D eigenvalue weighted by atomic mass is 10.1. The third-order valence-corrected chi connectivity index (χ3v) is 3.67. The topological polar surface area (TPSA) is 123 Å². The molecule has 28 heavy (non-hydrogen) atoms. The molecule has 0 aliphatic carbocycles. The van der Waals surface area contributed by atoms with E-state index in [9.17, 15) is 19.7 Å². The molecule has 146 valence electrons.